The number of aliphatic hydroxyl groups is 1. The van der Waals surface area contributed by atoms with Crippen molar-refractivity contribution in [2.45, 2.75) is 63.0 Å². The molecule has 2 amide bonds. The highest BCUT2D eigenvalue weighted by Crippen LogP contribution is 2.26. The molecule has 1 aromatic carbocycles. The lowest BCUT2D eigenvalue weighted by molar-refractivity contribution is -0.153. The van der Waals surface area contributed by atoms with Crippen LogP contribution in [-0.2, 0) is 49.6 Å². The number of aliphatic hydroxyl groups excluding tert-OH is 1. The molecule has 1 heterocycles. The third-order valence-electron chi connectivity index (χ3n) is 8.00. The number of methoxy groups -OCH3 is 3. The largest absolute Gasteiger partial charge is 0.504 e. The molecule has 1 aliphatic heterocycles. The van der Waals surface area contributed by atoms with E-state index in [9.17, 15) is 38.1 Å². The van der Waals surface area contributed by atoms with Gasteiger partial charge in [0.2, 0.25) is 11.8 Å². The lowest BCUT2D eigenvalue weighted by Gasteiger charge is -2.28. The van der Waals surface area contributed by atoms with Crippen LogP contribution in [0.25, 0.3) is 0 Å². The van der Waals surface area contributed by atoms with Crippen LogP contribution in [0.3, 0.4) is 0 Å². The average Bonchev–Trinajstić information content (AvgIpc) is 3.56. The fourth-order valence-corrected chi connectivity index (χ4v) is 6.16. The number of allylic oxidation sites excluding steroid dienone is 1. The quantitative estimate of drug-likeness (QED) is 0.142. The van der Waals surface area contributed by atoms with Crippen LogP contribution < -0.4 is 5.32 Å². The minimum absolute atomic E-state index is 0.106. The second-order valence-corrected chi connectivity index (χ2v) is 13.6. The SMILES string of the molecule is CCS(=O)(=O)CCC(NC(=O)C(O)Cc1ccc(O)c(O)c1)C(=O)N1CCCC1C(=O)OC/C=C/C1=CC(OC)C(OC)C=C1OC. The van der Waals surface area contributed by atoms with Gasteiger partial charge < -0.3 is 44.5 Å². The minimum Gasteiger partial charge on any atom is -0.504 e. The Bertz CT molecular complexity index is 1470. The van der Waals surface area contributed by atoms with Gasteiger partial charge in [-0.3, -0.25) is 9.59 Å². The van der Waals surface area contributed by atoms with Crippen LogP contribution in [0.1, 0.15) is 31.7 Å². The van der Waals surface area contributed by atoms with Crippen LogP contribution in [0.5, 0.6) is 11.5 Å². The highest BCUT2D eigenvalue weighted by Gasteiger charge is 2.39. The molecule has 1 saturated heterocycles. The third-order valence-corrected chi connectivity index (χ3v) is 9.74. The molecule has 1 aliphatic carbocycles. The lowest BCUT2D eigenvalue weighted by atomic mass is 10.00. The summed E-state index contributed by atoms with van der Waals surface area (Å²) in [7, 11) is 1.12. The Morgan fingerprint density at radius 2 is 1.79 bits per heavy atom. The third kappa shape index (κ3) is 10.3. The molecule has 1 aromatic rings. The number of ether oxygens (including phenoxy) is 4. The Hall–Kier alpha value is -3.92. The van der Waals surface area contributed by atoms with Crippen LogP contribution in [0.15, 0.2) is 53.8 Å². The summed E-state index contributed by atoms with van der Waals surface area (Å²) in [6.07, 6.45) is 4.86. The monoisotopic (exact) mass is 680 g/mol. The first-order valence-corrected chi connectivity index (χ1v) is 17.0. The number of carbonyl (C=O) groups excluding carboxylic acids is 3. The summed E-state index contributed by atoms with van der Waals surface area (Å²) in [5, 5.41) is 32.2. The van der Waals surface area contributed by atoms with Crippen molar-refractivity contribution in [3.8, 4) is 11.5 Å². The highest BCUT2D eigenvalue weighted by atomic mass is 32.2. The summed E-state index contributed by atoms with van der Waals surface area (Å²) in [4.78, 5) is 41.0. The minimum atomic E-state index is -3.52. The van der Waals surface area contributed by atoms with E-state index < -0.39 is 57.3 Å². The normalized spacial score (nSPS) is 21.1. The van der Waals surface area contributed by atoms with Gasteiger partial charge >= 0.3 is 5.97 Å². The van der Waals surface area contributed by atoms with Crippen molar-refractivity contribution in [1.29, 1.82) is 0 Å². The topological polar surface area (TPSA) is 198 Å². The van der Waals surface area contributed by atoms with Crippen molar-refractivity contribution in [2.75, 3.05) is 46.0 Å². The molecule has 15 heteroatoms. The Kier molecular flexibility index (Phi) is 13.8. The maximum absolute atomic E-state index is 13.7. The smallest absolute Gasteiger partial charge is 0.329 e. The first-order chi connectivity index (χ1) is 22.3. The molecule has 0 radical (unpaired) electrons. The van der Waals surface area contributed by atoms with Gasteiger partial charge in [-0.15, -0.1) is 0 Å². The van der Waals surface area contributed by atoms with Crippen molar-refractivity contribution in [1.82, 2.24) is 10.2 Å². The summed E-state index contributed by atoms with van der Waals surface area (Å²) in [5.41, 5.74) is 1.04. The number of carbonyl (C=O) groups is 3. The van der Waals surface area contributed by atoms with Gasteiger partial charge in [-0.05, 0) is 55.2 Å². The van der Waals surface area contributed by atoms with Crippen LogP contribution in [0.4, 0.5) is 0 Å². The molecule has 3 rings (SSSR count). The van der Waals surface area contributed by atoms with Gasteiger partial charge in [0.05, 0.1) is 12.9 Å². The zero-order chi connectivity index (χ0) is 34.7. The fraction of sp³-hybridized carbons (Fsp3) is 0.531. The molecule has 5 unspecified atom stereocenters. The van der Waals surface area contributed by atoms with Crippen LogP contribution in [-0.4, -0.2) is 123 Å². The molecule has 2 aliphatic rings. The summed E-state index contributed by atoms with van der Waals surface area (Å²) >= 11 is 0. The summed E-state index contributed by atoms with van der Waals surface area (Å²) in [6.45, 7) is 1.54. The molecule has 0 bridgehead atoms. The van der Waals surface area contributed by atoms with E-state index in [4.69, 9.17) is 18.9 Å². The van der Waals surface area contributed by atoms with Gasteiger partial charge in [0, 0.05) is 38.5 Å². The van der Waals surface area contributed by atoms with Gasteiger partial charge in [0.1, 0.15) is 52.6 Å². The molecule has 47 heavy (non-hydrogen) atoms. The molecule has 0 spiro atoms. The van der Waals surface area contributed by atoms with Crippen molar-refractivity contribution >= 4 is 27.6 Å². The average molecular weight is 681 g/mol. The van der Waals surface area contributed by atoms with Gasteiger partial charge in [-0.1, -0.05) is 19.1 Å². The van der Waals surface area contributed by atoms with Gasteiger partial charge in [-0.2, -0.15) is 0 Å². The van der Waals surface area contributed by atoms with E-state index in [1.807, 2.05) is 6.08 Å². The molecular weight excluding hydrogens is 636 g/mol. The molecule has 5 atom stereocenters. The van der Waals surface area contributed by atoms with Crippen LogP contribution in [0.2, 0.25) is 0 Å². The number of phenolic OH excluding ortho intramolecular Hbond substituents is 2. The first kappa shape index (κ1) is 37.5. The Morgan fingerprint density at radius 1 is 1.09 bits per heavy atom. The van der Waals surface area contributed by atoms with Crippen molar-refractivity contribution in [3.63, 3.8) is 0 Å². The lowest BCUT2D eigenvalue weighted by Crippen LogP contribution is -2.54. The second-order valence-electron chi connectivity index (χ2n) is 11.1. The van der Waals surface area contributed by atoms with Crippen molar-refractivity contribution in [3.05, 3.63) is 59.4 Å². The fourth-order valence-electron chi connectivity index (χ4n) is 5.28. The number of benzene rings is 1. The molecule has 0 aromatic heterocycles. The van der Waals surface area contributed by atoms with Gasteiger partial charge in [0.15, 0.2) is 11.5 Å². The predicted octanol–water partition coefficient (Wildman–Crippen LogP) is 0.902. The number of nitrogens with zero attached hydrogens (tertiary/aromatic N) is 1. The number of aromatic hydroxyl groups is 2. The number of hydrogen-bond donors (Lipinski definition) is 4. The Morgan fingerprint density at radius 3 is 2.43 bits per heavy atom. The summed E-state index contributed by atoms with van der Waals surface area (Å²) in [5.74, 6) is -3.09. The number of amides is 2. The van der Waals surface area contributed by atoms with Crippen LogP contribution >= 0.6 is 0 Å². The highest BCUT2D eigenvalue weighted by molar-refractivity contribution is 7.91. The first-order valence-electron chi connectivity index (χ1n) is 15.2. The molecule has 260 valence electrons. The van der Waals surface area contributed by atoms with Gasteiger partial charge in [0.25, 0.3) is 0 Å². The standard InChI is InChI=1S/C32H44N2O12S/c1-5-47(41,42)15-12-22(33-30(38)26(37)17-20-10-11-24(35)25(36)16-20)31(39)34-13-6-9-23(34)32(40)46-14-7-8-21-18-28(44-3)29(45-4)19-27(21)43-2/h7-8,10-11,16,18-19,22-23,26,28-29,35-37H,5-6,9,12-15,17H2,1-4H3,(H,33,38)/b8-7+. The van der Waals surface area contributed by atoms with E-state index in [-0.39, 0.29) is 49.7 Å². The molecule has 4 N–H and O–H groups in total. The molecule has 0 saturated carbocycles. The number of phenols is 2. The maximum atomic E-state index is 13.7. The number of likely N-dealkylation sites (tertiary alicyclic amines) is 1. The molecule has 14 nitrogen and oxygen atoms in total. The van der Waals surface area contributed by atoms with Crippen molar-refractivity contribution in [2.24, 2.45) is 0 Å². The molecule has 1 fully saturated rings. The van der Waals surface area contributed by atoms with E-state index in [0.717, 1.165) is 0 Å². The van der Waals surface area contributed by atoms with E-state index >= 15 is 0 Å². The van der Waals surface area contributed by atoms with E-state index in [0.29, 0.717) is 29.7 Å². The Balaban J connectivity index is 1.67. The number of nitrogens with one attached hydrogen (secondary N) is 1. The maximum Gasteiger partial charge on any atom is 0.329 e. The number of rotatable bonds is 16. The van der Waals surface area contributed by atoms with E-state index in [2.05, 4.69) is 5.32 Å². The second kappa shape index (κ2) is 17.3. The predicted molar refractivity (Wildman–Crippen MR) is 170 cm³/mol. The number of sulfone groups is 1. The summed E-state index contributed by atoms with van der Waals surface area (Å²) < 4.78 is 46.3. The Labute approximate surface area is 274 Å². The zero-order valence-electron chi connectivity index (χ0n) is 27.0. The van der Waals surface area contributed by atoms with E-state index in [1.54, 1.807) is 32.4 Å². The van der Waals surface area contributed by atoms with Crippen LogP contribution in [0, 0.1) is 0 Å². The van der Waals surface area contributed by atoms with Gasteiger partial charge in [-0.25, -0.2) is 13.2 Å². The number of hydrogen-bond acceptors (Lipinski definition) is 12. The molecular formula is C32H44N2O12S. The summed E-state index contributed by atoms with van der Waals surface area (Å²) in [6, 6.07) is 1.50. The van der Waals surface area contributed by atoms with E-state index in [1.165, 1.54) is 37.1 Å². The van der Waals surface area contributed by atoms with Crippen molar-refractivity contribution < 1.29 is 57.1 Å². The zero-order valence-corrected chi connectivity index (χ0v) is 27.8. The number of esters is 1.